The SMILES string of the molecule is Cc1onc(C(C)C)c1C(=O)N1CCC[C@H](c2ccc(-c3cccc(C(N)=O)c3)cn2)C1. The van der Waals surface area contributed by atoms with Gasteiger partial charge in [-0.25, -0.2) is 0 Å². The Balaban J connectivity index is 1.52. The van der Waals surface area contributed by atoms with Gasteiger partial charge in [-0.15, -0.1) is 0 Å². The second kappa shape index (κ2) is 8.94. The van der Waals surface area contributed by atoms with Crippen molar-refractivity contribution in [2.75, 3.05) is 13.1 Å². The van der Waals surface area contributed by atoms with Crippen LogP contribution in [0, 0.1) is 6.92 Å². The average molecular weight is 433 g/mol. The lowest BCUT2D eigenvalue weighted by atomic mass is 9.92. The van der Waals surface area contributed by atoms with Crippen molar-refractivity contribution in [2.45, 2.75) is 45.4 Å². The number of hydrogen-bond donors (Lipinski definition) is 1. The number of benzene rings is 1. The van der Waals surface area contributed by atoms with Crippen molar-refractivity contribution >= 4 is 11.8 Å². The molecule has 32 heavy (non-hydrogen) atoms. The third kappa shape index (κ3) is 4.28. The largest absolute Gasteiger partial charge is 0.366 e. The lowest BCUT2D eigenvalue weighted by molar-refractivity contribution is 0.0702. The number of piperidine rings is 1. The highest BCUT2D eigenvalue weighted by atomic mass is 16.5. The minimum absolute atomic E-state index is 0.0166. The van der Waals surface area contributed by atoms with Crippen LogP contribution in [-0.4, -0.2) is 39.9 Å². The summed E-state index contributed by atoms with van der Waals surface area (Å²) in [7, 11) is 0. The zero-order chi connectivity index (χ0) is 22.8. The van der Waals surface area contributed by atoms with Crippen molar-refractivity contribution < 1.29 is 14.1 Å². The number of likely N-dealkylation sites (tertiary alicyclic amines) is 1. The first-order valence-electron chi connectivity index (χ1n) is 11.0. The molecule has 3 aromatic rings. The molecule has 1 aliphatic heterocycles. The van der Waals surface area contributed by atoms with E-state index in [9.17, 15) is 9.59 Å². The van der Waals surface area contributed by atoms with E-state index < -0.39 is 5.91 Å². The Morgan fingerprint density at radius 3 is 2.69 bits per heavy atom. The van der Waals surface area contributed by atoms with Crippen molar-refractivity contribution in [1.29, 1.82) is 0 Å². The van der Waals surface area contributed by atoms with Gasteiger partial charge in [0, 0.05) is 42.0 Å². The molecule has 1 aromatic carbocycles. The Labute approximate surface area is 187 Å². The van der Waals surface area contributed by atoms with Crippen LogP contribution in [0.1, 0.15) is 76.4 Å². The zero-order valence-electron chi connectivity index (χ0n) is 18.7. The van der Waals surface area contributed by atoms with Crippen molar-refractivity contribution in [3.63, 3.8) is 0 Å². The van der Waals surface area contributed by atoms with E-state index in [1.54, 1.807) is 19.1 Å². The minimum Gasteiger partial charge on any atom is -0.366 e. The molecule has 0 saturated carbocycles. The Bertz CT molecular complexity index is 1130. The number of primary amides is 1. The zero-order valence-corrected chi connectivity index (χ0v) is 18.7. The molecule has 1 saturated heterocycles. The van der Waals surface area contributed by atoms with Crippen LogP contribution in [0.2, 0.25) is 0 Å². The topological polar surface area (TPSA) is 102 Å². The highest BCUT2D eigenvalue weighted by molar-refractivity contribution is 5.96. The molecule has 2 aromatic heterocycles. The fourth-order valence-electron chi connectivity index (χ4n) is 4.27. The van der Waals surface area contributed by atoms with Crippen LogP contribution in [-0.2, 0) is 0 Å². The molecular formula is C25H28N4O3. The molecule has 7 nitrogen and oxygen atoms in total. The van der Waals surface area contributed by atoms with Gasteiger partial charge >= 0.3 is 0 Å². The number of pyridine rings is 1. The first-order valence-corrected chi connectivity index (χ1v) is 11.0. The van der Waals surface area contributed by atoms with E-state index in [0.717, 1.165) is 41.9 Å². The van der Waals surface area contributed by atoms with Gasteiger partial charge in [-0.2, -0.15) is 0 Å². The van der Waals surface area contributed by atoms with Crippen molar-refractivity contribution in [3.8, 4) is 11.1 Å². The molecule has 0 bridgehead atoms. The normalized spacial score (nSPS) is 16.4. The van der Waals surface area contributed by atoms with E-state index in [0.29, 0.717) is 23.4 Å². The maximum absolute atomic E-state index is 13.3. The second-order valence-electron chi connectivity index (χ2n) is 8.66. The summed E-state index contributed by atoms with van der Waals surface area (Å²) in [6.45, 7) is 7.15. The maximum atomic E-state index is 13.3. The van der Waals surface area contributed by atoms with Crippen LogP contribution in [0.5, 0.6) is 0 Å². The molecule has 0 radical (unpaired) electrons. The van der Waals surface area contributed by atoms with Crippen LogP contribution < -0.4 is 5.73 Å². The molecule has 7 heteroatoms. The molecule has 1 fully saturated rings. The molecule has 0 unspecified atom stereocenters. The van der Waals surface area contributed by atoms with Gasteiger partial charge in [0.15, 0.2) is 0 Å². The van der Waals surface area contributed by atoms with Gasteiger partial charge in [-0.1, -0.05) is 37.2 Å². The predicted octanol–water partition coefficient (Wildman–Crippen LogP) is 4.29. The molecule has 0 aliphatic carbocycles. The van der Waals surface area contributed by atoms with E-state index in [4.69, 9.17) is 10.3 Å². The molecule has 1 aliphatic rings. The van der Waals surface area contributed by atoms with E-state index in [1.807, 2.05) is 49.2 Å². The van der Waals surface area contributed by atoms with Gasteiger partial charge < -0.3 is 15.2 Å². The smallest absolute Gasteiger partial charge is 0.259 e. The Kier molecular flexibility index (Phi) is 6.08. The Morgan fingerprint density at radius 1 is 1.19 bits per heavy atom. The Hall–Kier alpha value is -3.48. The van der Waals surface area contributed by atoms with Crippen LogP contribution >= 0.6 is 0 Å². The minimum atomic E-state index is -0.452. The number of carbonyl (C=O) groups is 2. The molecule has 3 heterocycles. The standard InChI is InChI=1S/C25H28N4O3/c1-15(2)23-22(16(3)32-28-23)25(31)29-11-5-8-20(14-29)21-10-9-19(13-27-21)17-6-4-7-18(12-17)24(26)30/h4,6-7,9-10,12-13,15,20H,5,8,11,14H2,1-3H3,(H2,26,30)/t20-/m0/s1. The predicted molar refractivity (Wildman–Crippen MR) is 121 cm³/mol. The number of rotatable bonds is 5. The number of amides is 2. The summed E-state index contributed by atoms with van der Waals surface area (Å²) in [5, 5.41) is 4.10. The van der Waals surface area contributed by atoms with Crippen LogP contribution in [0.25, 0.3) is 11.1 Å². The summed E-state index contributed by atoms with van der Waals surface area (Å²) in [4.78, 5) is 31.3. The molecule has 4 rings (SSSR count). The third-order valence-corrected chi connectivity index (χ3v) is 6.04. The number of nitrogens with zero attached hydrogens (tertiary/aromatic N) is 3. The first-order chi connectivity index (χ1) is 15.3. The van der Waals surface area contributed by atoms with Gasteiger partial charge in [0.05, 0.1) is 5.69 Å². The van der Waals surface area contributed by atoms with Gasteiger partial charge in [-0.05, 0) is 49.4 Å². The summed E-state index contributed by atoms with van der Waals surface area (Å²) in [6.07, 6.45) is 3.71. The quantitative estimate of drug-likeness (QED) is 0.648. The van der Waals surface area contributed by atoms with E-state index >= 15 is 0 Å². The number of aryl methyl sites for hydroxylation is 1. The lowest BCUT2D eigenvalue weighted by Crippen LogP contribution is -2.39. The van der Waals surface area contributed by atoms with E-state index in [-0.39, 0.29) is 17.7 Å². The monoisotopic (exact) mass is 432 g/mol. The number of nitrogens with two attached hydrogens (primary N) is 1. The van der Waals surface area contributed by atoms with Crippen molar-refractivity contribution in [1.82, 2.24) is 15.0 Å². The fourth-order valence-corrected chi connectivity index (χ4v) is 4.27. The van der Waals surface area contributed by atoms with Crippen LogP contribution in [0.3, 0.4) is 0 Å². The Morgan fingerprint density at radius 2 is 2.00 bits per heavy atom. The highest BCUT2D eigenvalue weighted by Gasteiger charge is 2.31. The summed E-state index contributed by atoms with van der Waals surface area (Å²) >= 11 is 0. The van der Waals surface area contributed by atoms with Crippen LogP contribution in [0.15, 0.2) is 47.1 Å². The molecule has 0 spiro atoms. The van der Waals surface area contributed by atoms with E-state index in [2.05, 4.69) is 10.1 Å². The molecule has 166 valence electrons. The summed E-state index contributed by atoms with van der Waals surface area (Å²) in [6, 6.07) is 11.2. The van der Waals surface area contributed by atoms with E-state index in [1.165, 1.54) is 0 Å². The second-order valence-corrected chi connectivity index (χ2v) is 8.66. The molecule has 2 amide bonds. The highest BCUT2D eigenvalue weighted by Crippen LogP contribution is 2.30. The van der Waals surface area contributed by atoms with Crippen molar-refractivity contribution in [3.05, 3.63) is 70.9 Å². The number of carbonyl (C=O) groups excluding carboxylic acids is 2. The van der Waals surface area contributed by atoms with Crippen LogP contribution in [0.4, 0.5) is 0 Å². The number of aromatic nitrogens is 2. The molecular weight excluding hydrogens is 404 g/mol. The maximum Gasteiger partial charge on any atom is 0.259 e. The first kappa shape index (κ1) is 21.7. The molecule has 1 atom stereocenters. The number of hydrogen-bond acceptors (Lipinski definition) is 5. The summed E-state index contributed by atoms with van der Waals surface area (Å²) in [5.74, 6) is 0.390. The lowest BCUT2D eigenvalue weighted by Gasteiger charge is -2.32. The summed E-state index contributed by atoms with van der Waals surface area (Å²) in [5.41, 5.74) is 9.95. The van der Waals surface area contributed by atoms with Gasteiger partial charge in [0.2, 0.25) is 5.91 Å². The average Bonchev–Trinajstić information content (AvgIpc) is 3.20. The molecule has 2 N–H and O–H groups in total. The summed E-state index contributed by atoms with van der Waals surface area (Å²) < 4.78 is 5.32. The third-order valence-electron chi connectivity index (χ3n) is 6.04. The van der Waals surface area contributed by atoms with Gasteiger partial charge in [0.25, 0.3) is 5.91 Å². The van der Waals surface area contributed by atoms with Gasteiger partial charge in [0.1, 0.15) is 11.3 Å². The van der Waals surface area contributed by atoms with Crippen molar-refractivity contribution in [2.24, 2.45) is 5.73 Å². The fraction of sp³-hybridized carbons (Fsp3) is 0.360. The van der Waals surface area contributed by atoms with Gasteiger partial charge in [-0.3, -0.25) is 14.6 Å².